The van der Waals surface area contributed by atoms with Crippen LogP contribution in [0.2, 0.25) is 0 Å². The number of nitrogens with one attached hydrogen (secondary N) is 1. The Balaban J connectivity index is 1.87. The molecule has 3 rings (SSSR count). The van der Waals surface area contributed by atoms with Gasteiger partial charge in [0.1, 0.15) is 5.75 Å². The Hall–Kier alpha value is -2.69. The van der Waals surface area contributed by atoms with E-state index in [4.69, 9.17) is 14.2 Å². The van der Waals surface area contributed by atoms with Crippen LogP contribution < -0.4 is 19.5 Å². The van der Waals surface area contributed by atoms with Gasteiger partial charge in [-0.25, -0.2) is 0 Å². The lowest BCUT2D eigenvalue weighted by Gasteiger charge is -2.25. The molecule has 1 heterocycles. The number of hydrogen-bond acceptors (Lipinski definition) is 4. The highest BCUT2D eigenvalue weighted by Gasteiger charge is 2.32. The molecule has 0 aromatic heterocycles. The molecular formula is C19H21NO4. The number of fused-ring (bicyclic) bond motifs is 1. The fraction of sp³-hybridized carbons (Fsp3) is 0.316. The second kappa shape index (κ2) is 6.07. The highest BCUT2D eigenvalue weighted by molar-refractivity contribution is 5.99. The molecule has 0 atom stereocenters. The molecule has 0 bridgehead atoms. The predicted octanol–water partition coefficient (Wildman–Crippen LogP) is 3.65. The van der Waals surface area contributed by atoms with Gasteiger partial charge >= 0.3 is 0 Å². The van der Waals surface area contributed by atoms with Gasteiger partial charge in [-0.15, -0.1) is 0 Å². The molecule has 0 saturated carbocycles. The molecule has 24 heavy (non-hydrogen) atoms. The largest absolute Gasteiger partial charge is 0.495 e. The van der Waals surface area contributed by atoms with Gasteiger partial charge in [-0.1, -0.05) is 12.1 Å². The number of rotatable bonds is 4. The molecule has 5 heteroatoms. The van der Waals surface area contributed by atoms with Gasteiger partial charge in [0.05, 0.1) is 18.2 Å². The SMILES string of the molecule is COc1ccc(C)cc1NC(=O)C(C)(C)c1ccc2c(c1)OCO2. The number of carbonyl (C=O) groups excluding carboxylic acids is 1. The van der Waals surface area contributed by atoms with E-state index in [-0.39, 0.29) is 12.7 Å². The Labute approximate surface area is 141 Å². The lowest BCUT2D eigenvalue weighted by Crippen LogP contribution is -2.34. The Morgan fingerprint density at radius 3 is 2.62 bits per heavy atom. The minimum Gasteiger partial charge on any atom is -0.495 e. The van der Waals surface area contributed by atoms with E-state index in [1.165, 1.54) is 0 Å². The van der Waals surface area contributed by atoms with Crippen LogP contribution in [-0.2, 0) is 10.2 Å². The predicted molar refractivity (Wildman–Crippen MR) is 92.0 cm³/mol. The number of aryl methyl sites for hydroxylation is 1. The maximum atomic E-state index is 12.9. The van der Waals surface area contributed by atoms with Crippen LogP contribution in [0.1, 0.15) is 25.0 Å². The minimum absolute atomic E-state index is 0.120. The average molecular weight is 327 g/mol. The van der Waals surface area contributed by atoms with Crippen molar-refractivity contribution < 1.29 is 19.0 Å². The normalized spacial score (nSPS) is 12.8. The molecule has 2 aromatic carbocycles. The minimum atomic E-state index is -0.740. The molecule has 0 unspecified atom stereocenters. The van der Waals surface area contributed by atoms with E-state index in [0.29, 0.717) is 22.9 Å². The zero-order chi connectivity index (χ0) is 17.3. The van der Waals surface area contributed by atoms with Crippen LogP contribution in [0.4, 0.5) is 5.69 Å². The summed E-state index contributed by atoms with van der Waals surface area (Å²) in [6.07, 6.45) is 0. The lowest BCUT2D eigenvalue weighted by molar-refractivity contribution is -0.120. The van der Waals surface area contributed by atoms with Crippen molar-refractivity contribution in [1.82, 2.24) is 0 Å². The maximum absolute atomic E-state index is 12.9. The number of ether oxygens (including phenoxy) is 3. The van der Waals surface area contributed by atoms with Gasteiger partial charge in [0.2, 0.25) is 12.7 Å². The molecule has 0 aliphatic carbocycles. The summed E-state index contributed by atoms with van der Waals surface area (Å²) in [4.78, 5) is 12.9. The number of carbonyl (C=O) groups is 1. The Bertz CT molecular complexity index is 783. The number of hydrogen-bond donors (Lipinski definition) is 1. The third-order valence-corrected chi connectivity index (χ3v) is 4.27. The zero-order valence-corrected chi connectivity index (χ0v) is 14.3. The molecule has 1 amide bonds. The fourth-order valence-electron chi connectivity index (χ4n) is 2.61. The van der Waals surface area contributed by atoms with E-state index >= 15 is 0 Å². The summed E-state index contributed by atoms with van der Waals surface area (Å²) in [7, 11) is 1.59. The van der Waals surface area contributed by atoms with Gasteiger partial charge in [-0.05, 0) is 56.2 Å². The first kappa shape index (κ1) is 16.2. The highest BCUT2D eigenvalue weighted by Crippen LogP contribution is 2.37. The van der Waals surface area contributed by atoms with Crippen LogP contribution in [0, 0.1) is 6.92 Å². The quantitative estimate of drug-likeness (QED) is 0.931. The molecular weight excluding hydrogens is 306 g/mol. The van der Waals surface area contributed by atoms with Crippen LogP contribution in [0.15, 0.2) is 36.4 Å². The standard InChI is InChI=1S/C19H21NO4/c1-12-5-7-15(22-4)14(9-12)20-18(21)19(2,3)13-6-8-16-17(10-13)24-11-23-16/h5-10H,11H2,1-4H3,(H,20,21). The van der Waals surface area contributed by atoms with Crippen LogP contribution in [0.25, 0.3) is 0 Å². The molecule has 126 valence electrons. The Morgan fingerprint density at radius 1 is 1.12 bits per heavy atom. The van der Waals surface area contributed by atoms with E-state index in [9.17, 15) is 4.79 Å². The van der Waals surface area contributed by atoms with Crippen molar-refractivity contribution >= 4 is 11.6 Å². The summed E-state index contributed by atoms with van der Waals surface area (Å²) in [5.41, 5.74) is 1.83. The van der Waals surface area contributed by atoms with Gasteiger partial charge in [0.25, 0.3) is 0 Å². The number of methoxy groups -OCH3 is 1. The van der Waals surface area contributed by atoms with E-state index in [2.05, 4.69) is 5.32 Å². The molecule has 5 nitrogen and oxygen atoms in total. The summed E-state index contributed by atoms with van der Waals surface area (Å²) >= 11 is 0. The summed E-state index contributed by atoms with van der Waals surface area (Å²) in [5, 5.41) is 2.97. The third-order valence-electron chi connectivity index (χ3n) is 4.27. The van der Waals surface area contributed by atoms with Gasteiger partial charge < -0.3 is 19.5 Å². The highest BCUT2D eigenvalue weighted by atomic mass is 16.7. The fourth-order valence-corrected chi connectivity index (χ4v) is 2.61. The first-order valence-corrected chi connectivity index (χ1v) is 7.78. The number of amides is 1. The van der Waals surface area contributed by atoms with E-state index in [1.807, 2.05) is 57.2 Å². The molecule has 1 aliphatic heterocycles. The van der Waals surface area contributed by atoms with Crippen molar-refractivity contribution in [3.8, 4) is 17.2 Å². The number of benzene rings is 2. The van der Waals surface area contributed by atoms with Crippen LogP contribution >= 0.6 is 0 Å². The molecule has 0 radical (unpaired) electrons. The summed E-state index contributed by atoms with van der Waals surface area (Å²) in [6, 6.07) is 11.3. The molecule has 1 aliphatic rings. The van der Waals surface area contributed by atoms with E-state index < -0.39 is 5.41 Å². The van der Waals surface area contributed by atoms with Gasteiger partial charge in [-0.3, -0.25) is 4.79 Å². The third kappa shape index (κ3) is 2.89. The Morgan fingerprint density at radius 2 is 1.88 bits per heavy atom. The molecule has 1 N–H and O–H groups in total. The summed E-state index contributed by atoms with van der Waals surface area (Å²) < 4.78 is 16.1. The topological polar surface area (TPSA) is 56.8 Å². The Kier molecular flexibility index (Phi) is 4.09. The van der Waals surface area contributed by atoms with Gasteiger partial charge in [0.15, 0.2) is 11.5 Å². The zero-order valence-electron chi connectivity index (χ0n) is 14.3. The van der Waals surface area contributed by atoms with Crippen molar-refractivity contribution in [3.63, 3.8) is 0 Å². The van der Waals surface area contributed by atoms with E-state index in [0.717, 1.165) is 11.1 Å². The monoisotopic (exact) mass is 327 g/mol. The van der Waals surface area contributed by atoms with Crippen molar-refractivity contribution in [2.24, 2.45) is 0 Å². The molecule has 0 spiro atoms. The number of anilines is 1. The second-order valence-corrected chi connectivity index (χ2v) is 6.35. The first-order valence-electron chi connectivity index (χ1n) is 7.78. The summed E-state index contributed by atoms with van der Waals surface area (Å²) in [6.45, 7) is 5.94. The first-order chi connectivity index (χ1) is 11.4. The van der Waals surface area contributed by atoms with Gasteiger partial charge in [-0.2, -0.15) is 0 Å². The smallest absolute Gasteiger partial charge is 0.234 e. The van der Waals surface area contributed by atoms with Crippen molar-refractivity contribution in [2.75, 3.05) is 19.2 Å². The van der Waals surface area contributed by atoms with Crippen molar-refractivity contribution in [1.29, 1.82) is 0 Å². The average Bonchev–Trinajstić information content (AvgIpc) is 3.02. The lowest BCUT2D eigenvalue weighted by atomic mass is 9.83. The van der Waals surface area contributed by atoms with E-state index in [1.54, 1.807) is 7.11 Å². The second-order valence-electron chi connectivity index (χ2n) is 6.35. The van der Waals surface area contributed by atoms with Gasteiger partial charge in [0, 0.05) is 0 Å². The van der Waals surface area contributed by atoms with Crippen molar-refractivity contribution in [2.45, 2.75) is 26.2 Å². The van der Waals surface area contributed by atoms with Crippen LogP contribution in [0.5, 0.6) is 17.2 Å². The van der Waals surface area contributed by atoms with Crippen LogP contribution in [-0.4, -0.2) is 19.8 Å². The van der Waals surface area contributed by atoms with Crippen molar-refractivity contribution in [3.05, 3.63) is 47.5 Å². The molecule has 0 fully saturated rings. The molecule has 2 aromatic rings. The maximum Gasteiger partial charge on any atom is 0.234 e. The molecule has 0 saturated heterocycles. The van der Waals surface area contributed by atoms with Crippen LogP contribution in [0.3, 0.4) is 0 Å². The summed E-state index contributed by atoms with van der Waals surface area (Å²) in [5.74, 6) is 1.89.